The van der Waals surface area contributed by atoms with Gasteiger partial charge in [0.25, 0.3) is 0 Å². The van der Waals surface area contributed by atoms with Crippen LogP contribution < -0.4 is 4.74 Å². The number of carboxylic acids is 1. The normalized spacial score (nSPS) is 11.0. The van der Waals surface area contributed by atoms with E-state index < -0.39 is 5.97 Å². The van der Waals surface area contributed by atoms with Crippen molar-refractivity contribution in [3.05, 3.63) is 46.5 Å². The van der Waals surface area contributed by atoms with Gasteiger partial charge in [0.2, 0.25) is 0 Å². The predicted octanol–water partition coefficient (Wildman–Crippen LogP) is 2.74. The van der Waals surface area contributed by atoms with Crippen LogP contribution >= 0.6 is 15.9 Å². The van der Waals surface area contributed by atoms with Crippen molar-refractivity contribution in [1.82, 2.24) is 14.8 Å². The van der Waals surface area contributed by atoms with E-state index in [4.69, 9.17) is 9.84 Å². The van der Waals surface area contributed by atoms with E-state index in [1.54, 1.807) is 22.9 Å². The highest BCUT2D eigenvalue weighted by atomic mass is 79.9. The Morgan fingerprint density at radius 2 is 2.33 bits per heavy atom. The molecule has 2 rings (SSSR count). The number of halogens is 1. The third-order valence-electron chi connectivity index (χ3n) is 2.73. The molecule has 0 aliphatic rings. The van der Waals surface area contributed by atoms with Gasteiger partial charge in [-0.1, -0.05) is 6.07 Å². The highest BCUT2D eigenvalue weighted by Gasteiger charge is 2.06. The van der Waals surface area contributed by atoms with E-state index >= 15 is 0 Å². The average Bonchev–Trinajstić information content (AvgIpc) is 2.91. The van der Waals surface area contributed by atoms with Crippen molar-refractivity contribution in [3.63, 3.8) is 0 Å². The molecule has 6 nitrogen and oxygen atoms in total. The van der Waals surface area contributed by atoms with Crippen LogP contribution in [-0.4, -0.2) is 25.8 Å². The second kappa shape index (κ2) is 7.03. The number of rotatable bonds is 6. The summed E-state index contributed by atoms with van der Waals surface area (Å²) in [6, 6.07) is 5.35. The lowest BCUT2D eigenvalue weighted by atomic mass is 10.2. The van der Waals surface area contributed by atoms with E-state index in [9.17, 15) is 4.79 Å². The van der Waals surface area contributed by atoms with Gasteiger partial charge in [0, 0.05) is 12.6 Å². The van der Waals surface area contributed by atoms with Gasteiger partial charge in [-0.3, -0.25) is 0 Å². The topological polar surface area (TPSA) is 77.2 Å². The SMILES string of the molecule is CCn1ncnc1COc1ccc(C=CC(=O)O)cc1Br. The molecule has 0 saturated heterocycles. The van der Waals surface area contributed by atoms with Crippen LogP contribution in [0.25, 0.3) is 6.08 Å². The maximum Gasteiger partial charge on any atom is 0.328 e. The summed E-state index contributed by atoms with van der Waals surface area (Å²) in [5, 5.41) is 12.7. The molecule has 2 aromatic rings. The van der Waals surface area contributed by atoms with Crippen LogP contribution in [-0.2, 0) is 17.9 Å². The maximum absolute atomic E-state index is 10.5. The van der Waals surface area contributed by atoms with E-state index in [0.717, 1.165) is 28.5 Å². The van der Waals surface area contributed by atoms with Gasteiger partial charge in [-0.25, -0.2) is 14.5 Å². The Kier molecular flexibility index (Phi) is 5.10. The van der Waals surface area contributed by atoms with Crippen molar-refractivity contribution in [2.24, 2.45) is 0 Å². The number of hydrogen-bond acceptors (Lipinski definition) is 4. The number of carbonyl (C=O) groups is 1. The Balaban J connectivity index is 2.06. The Morgan fingerprint density at radius 1 is 1.52 bits per heavy atom. The molecule has 0 spiro atoms. The van der Waals surface area contributed by atoms with Gasteiger partial charge in [0.15, 0.2) is 5.82 Å². The molecule has 0 amide bonds. The molecule has 0 atom stereocenters. The van der Waals surface area contributed by atoms with Gasteiger partial charge < -0.3 is 9.84 Å². The van der Waals surface area contributed by atoms with Gasteiger partial charge in [0.05, 0.1) is 4.47 Å². The van der Waals surface area contributed by atoms with Crippen LogP contribution in [0.3, 0.4) is 0 Å². The van der Waals surface area contributed by atoms with Gasteiger partial charge in [-0.05, 0) is 46.6 Å². The minimum Gasteiger partial charge on any atom is -0.484 e. The second-order valence-electron chi connectivity index (χ2n) is 4.14. The fraction of sp³-hybridized carbons (Fsp3) is 0.214. The lowest BCUT2D eigenvalue weighted by molar-refractivity contribution is -0.131. The molecule has 0 unspecified atom stereocenters. The van der Waals surface area contributed by atoms with E-state index in [-0.39, 0.29) is 0 Å². The summed E-state index contributed by atoms with van der Waals surface area (Å²) in [4.78, 5) is 14.6. The number of benzene rings is 1. The van der Waals surface area contributed by atoms with E-state index in [1.807, 2.05) is 6.92 Å². The molecule has 110 valence electrons. The van der Waals surface area contributed by atoms with Crippen LogP contribution in [0.2, 0.25) is 0 Å². The number of ether oxygens (including phenoxy) is 1. The minimum atomic E-state index is -0.981. The lowest BCUT2D eigenvalue weighted by Gasteiger charge is -2.09. The largest absolute Gasteiger partial charge is 0.484 e. The number of carboxylic acid groups (broad SMARTS) is 1. The van der Waals surface area contributed by atoms with Crippen molar-refractivity contribution >= 4 is 28.0 Å². The number of aryl methyl sites for hydroxylation is 1. The van der Waals surface area contributed by atoms with Gasteiger partial charge >= 0.3 is 5.97 Å². The van der Waals surface area contributed by atoms with Crippen molar-refractivity contribution < 1.29 is 14.6 Å². The van der Waals surface area contributed by atoms with Gasteiger partial charge in [-0.15, -0.1) is 0 Å². The molecule has 7 heteroatoms. The highest BCUT2D eigenvalue weighted by Crippen LogP contribution is 2.27. The molecule has 21 heavy (non-hydrogen) atoms. The number of aromatic nitrogens is 3. The van der Waals surface area contributed by atoms with Crippen molar-refractivity contribution in [1.29, 1.82) is 0 Å². The molecule has 0 aliphatic carbocycles. The molecule has 1 heterocycles. The summed E-state index contributed by atoms with van der Waals surface area (Å²) in [5.74, 6) is 0.428. The predicted molar refractivity (Wildman–Crippen MR) is 80.8 cm³/mol. The number of hydrogen-bond donors (Lipinski definition) is 1. The zero-order valence-electron chi connectivity index (χ0n) is 11.4. The number of aliphatic carboxylic acids is 1. The molecule has 0 fully saturated rings. The van der Waals surface area contributed by atoms with E-state index in [2.05, 4.69) is 26.0 Å². The molecule has 0 radical (unpaired) electrons. The summed E-state index contributed by atoms with van der Waals surface area (Å²) >= 11 is 3.40. The summed E-state index contributed by atoms with van der Waals surface area (Å²) in [7, 11) is 0. The minimum absolute atomic E-state index is 0.316. The van der Waals surface area contributed by atoms with Crippen LogP contribution in [0, 0.1) is 0 Å². The summed E-state index contributed by atoms with van der Waals surface area (Å²) < 4.78 is 8.20. The summed E-state index contributed by atoms with van der Waals surface area (Å²) in [6.45, 7) is 3.03. The zero-order chi connectivity index (χ0) is 15.2. The average molecular weight is 352 g/mol. The van der Waals surface area contributed by atoms with E-state index in [0.29, 0.717) is 12.4 Å². The molecular weight excluding hydrogens is 338 g/mol. The zero-order valence-corrected chi connectivity index (χ0v) is 12.9. The first-order valence-electron chi connectivity index (χ1n) is 6.30. The Bertz CT molecular complexity index is 667. The first-order valence-corrected chi connectivity index (χ1v) is 7.09. The maximum atomic E-state index is 10.5. The van der Waals surface area contributed by atoms with E-state index in [1.165, 1.54) is 12.4 Å². The quantitative estimate of drug-likeness (QED) is 0.809. The molecule has 1 N–H and O–H groups in total. The Morgan fingerprint density at radius 3 is 3.00 bits per heavy atom. The van der Waals surface area contributed by atoms with Gasteiger partial charge in [-0.2, -0.15) is 5.10 Å². The van der Waals surface area contributed by atoms with Crippen LogP contribution in [0.15, 0.2) is 35.1 Å². The third kappa shape index (κ3) is 4.16. The Labute approximate surface area is 130 Å². The molecule has 0 aliphatic heterocycles. The molecule has 0 saturated carbocycles. The lowest BCUT2D eigenvalue weighted by Crippen LogP contribution is -2.07. The second-order valence-corrected chi connectivity index (χ2v) is 5.00. The van der Waals surface area contributed by atoms with Gasteiger partial charge in [0.1, 0.15) is 18.7 Å². The standard InChI is InChI=1S/C14H14BrN3O3/c1-2-18-13(16-9-17-18)8-21-12-5-3-10(7-11(12)15)4-6-14(19)20/h3-7,9H,2,8H2,1H3,(H,19,20). The molecular formula is C14H14BrN3O3. The molecule has 1 aromatic heterocycles. The molecule has 1 aromatic carbocycles. The first kappa shape index (κ1) is 15.2. The summed E-state index contributed by atoms with van der Waals surface area (Å²) in [6.07, 6.45) is 4.10. The number of nitrogens with zero attached hydrogens (tertiary/aromatic N) is 3. The fourth-order valence-electron chi connectivity index (χ4n) is 1.71. The monoisotopic (exact) mass is 351 g/mol. The van der Waals surface area contributed by atoms with Crippen LogP contribution in [0.1, 0.15) is 18.3 Å². The van der Waals surface area contributed by atoms with Crippen molar-refractivity contribution in [2.75, 3.05) is 0 Å². The Hall–Kier alpha value is -2.15. The molecule has 0 bridgehead atoms. The third-order valence-corrected chi connectivity index (χ3v) is 3.35. The van der Waals surface area contributed by atoms with Crippen LogP contribution in [0.4, 0.5) is 0 Å². The van der Waals surface area contributed by atoms with Crippen LogP contribution in [0.5, 0.6) is 5.75 Å². The van der Waals surface area contributed by atoms with Crippen molar-refractivity contribution in [2.45, 2.75) is 20.1 Å². The summed E-state index contributed by atoms with van der Waals surface area (Å²) in [5.41, 5.74) is 0.772. The smallest absolute Gasteiger partial charge is 0.328 e. The fourth-order valence-corrected chi connectivity index (χ4v) is 2.22. The first-order chi connectivity index (χ1) is 10.1. The highest BCUT2D eigenvalue weighted by molar-refractivity contribution is 9.10. The van der Waals surface area contributed by atoms with Crippen molar-refractivity contribution in [3.8, 4) is 5.75 Å².